The summed E-state index contributed by atoms with van der Waals surface area (Å²) in [6.07, 6.45) is -3.22. The lowest BCUT2D eigenvalue weighted by Crippen LogP contribution is -2.09. The van der Waals surface area contributed by atoms with Crippen molar-refractivity contribution >= 4 is 28.9 Å². The van der Waals surface area contributed by atoms with Crippen LogP contribution in [-0.4, -0.2) is 30.2 Å². The van der Waals surface area contributed by atoms with Crippen molar-refractivity contribution in [2.24, 2.45) is 0 Å². The minimum absolute atomic E-state index is 0.225. The minimum Gasteiger partial charge on any atom is -0.383 e. The molecule has 2 aromatic rings. The number of alkyl halides is 3. The largest absolute Gasteiger partial charge is 0.417 e. The average molecular weight is 347 g/mol. The molecule has 0 bridgehead atoms. The molecule has 1 aromatic heterocycles. The van der Waals surface area contributed by atoms with Crippen LogP contribution in [0.5, 0.6) is 0 Å². The molecule has 0 aliphatic rings. The van der Waals surface area contributed by atoms with Crippen LogP contribution in [0.25, 0.3) is 0 Å². The Kier molecular flexibility index (Phi) is 5.62. The smallest absolute Gasteiger partial charge is 0.383 e. The Morgan fingerprint density at radius 3 is 2.61 bits per heavy atom. The fourth-order valence-corrected chi connectivity index (χ4v) is 2.00. The van der Waals surface area contributed by atoms with E-state index in [1.807, 2.05) is 0 Å². The lowest BCUT2D eigenvalue weighted by molar-refractivity contribution is -0.137. The fraction of sp³-hybridized carbons (Fsp3) is 0.286. The molecule has 124 valence electrons. The van der Waals surface area contributed by atoms with Gasteiger partial charge in [-0.05, 0) is 18.2 Å². The van der Waals surface area contributed by atoms with Gasteiger partial charge in [0.05, 0.1) is 17.2 Å². The predicted molar refractivity (Wildman–Crippen MR) is 82.1 cm³/mol. The number of hydrogen-bond donors (Lipinski definition) is 2. The molecule has 5 nitrogen and oxygen atoms in total. The minimum atomic E-state index is -4.52. The van der Waals surface area contributed by atoms with Gasteiger partial charge in [0.15, 0.2) is 0 Å². The van der Waals surface area contributed by atoms with E-state index >= 15 is 0 Å². The molecule has 23 heavy (non-hydrogen) atoms. The van der Waals surface area contributed by atoms with E-state index in [1.54, 1.807) is 13.2 Å². The second kappa shape index (κ2) is 7.47. The van der Waals surface area contributed by atoms with Crippen LogP contribution in [0.15, 0.2) is 30.6 Å². The zero-order valence-electron chi connectivity index (χ0n) is 12.1. The lowest BCUT2D eigenvalue weighted by atomic mass is 10.2. The van der Waals surface area contributed by atoms with Gasteiger partial charge >= 0.3 is 6.18 Å². The summed E-state index contributed by atoms with van der Waals surface area (Å²) in [5.74, 6) is 0.889. The van der Waals surface area contributed by atoms with Crippen molar-refractivity contribution in [1.29, 1.82) is 0 Å². The summed E-state index contributed by atoms with van der Waals surface area (Å²) in [6, 6.07) is 5.14. The molecule has 0 unspecified atom stereocenters. The number of halogens is 4. The Hall–Kier alpha value is -2.06. The van der Waals surface area contributed by atoms with Crippen LogP contribution in [-0.2, 0) is 10.9 Å². The van der Waals surface area contributed by atoms with Crippen LogP contribution in [0, 0.1) is 0 Å². The highest BCUT2D eigenvalue weighted by Gasteiger charge is 2.33. The number of benzene rings is 1. The van der Waals surface area contributed by atoms with Gasteiger partial charge in [0.25, 0.3) is 0 Å². The molecule has 0 saturated heterocycles. The third-order valence-corrected chi connectivity index (χ3v) is 3.15. The summed E-state index contributed by atoms with van der Waals surface area (Å²) in [7, 11) is 1.58. The highest BCUT2D eigenvalue weighted by molar-refractivity contribution is 6.31. The van der Waals surface area contributed by atoms with Crippen molar-refractivity contribution in [1.82, 2.24) is 9.97 Å². The Morgan fingerprint density at radius 2 is 1.91 bits per heavy atom. The molecule has 9 heteroatoms. The van der Waals surface area contributed by atoms with Gasteiger partial charge in [-0.2, -0.15) is 13.2 Å². The van der Waals surface area contributed by atoms with Crippen LogP contribution in [0.2, 0.25) is 5.02 Å². The van der Waals surface area contributed by atoms with Crippen LogP contribution in [0.4, 0.5) is 30.5 Å². The van der Waals surface area contributed by atoms with E-state index in [4.69, 9.17) is 16.3 Å². The summed E-state index contributed by atoms with van der Waals surface area (Å²) >= 11 is 5.58. The molecule has 2 rings (SSSR count). The monoisotopic (exact) mass is 346 g/mol. The van der Waals surface area contributed by atoms with Crippen molar-refractivity contribution in [2.75, 3.05) is 30.9 Å². The molecule has 1 aromatic carbocycles. The number of nitrogens with zero attached hydrogens (tertiary/aromatic N) is 2. The first-order valence-electron chi connectivity index (χ1n) is 6.59. The van der Waals surface area contributed by atoms with Gasteiger partial charge in [-0.1, -0.05) is 11.6 Å². The quantitative estimate of drug-likeness (QED) is 0.776. The van der Waals surface area contributed by atoms with Crippen molar-refractivity contribution in [3.05, 3.63) is 41.2 Å². The molecule has 1 heterocycles. The normalized spacial score (nSPS) is 11.3. The van der Waals surface area contributed by atoms with Gasteiger partial charge in [0.1, 0.15) is 18.0 Å². The van der Waals surface area contributed by atoms with Crippen LogP contribution < -0.4 is 10.6 Å². The maximum Gasteiger partial charge on any atom is 0.417 e. The molecule has 0 fully saturated rings. The molecule has 2 N–H and O–H groups in total. The summed E-state index contributed by atoms with van der Waals surface area (Å²) < 4.78 is 43.4. The number of nitrogens with one attached hydrogen (secondary N) is 2. The first kappa shape index (κ1) is 17.3. The number of ether oxygens (including phenoxy) is 1. The first-order valence-corrected chi connectivity index (χ1v) is 6.96. The number of rotatable bonds is 6. The van der Waals surface area contributed by atoms with Crippen LogP contribution in [0.1, 0.15) is 5.56 Å². The van der Waals surface area contributed by atoms with E-state index in [0.29, 0.717) is 24.8 Å². The van der Waals surface area contributed by atoms with Crippen molar-refractivity contribution in [3.8, 4) is 0 Å². The molecule has 0 spiro atoms. The number of hydrogen-bond acceptors (Lipinski definition) is 5. The number of anilines is 3. The first-order chi connectivity index (χ1) is 10.9. The van der Waals surface area contributed by atoms with Crippen LogP contribution in [0.3, 0.4) is 0 Å². The molecular formula is C14H14ClF3N4O. The molecule has 0 saturated carbocycles. The van der Waals surface area contributed by atoms with E-state index < -0.39 is 11.7 Å². The number of aromatic nitrogens is 2. The highest BCUT2D eigenvalue weighted by atomic mass is 35.5. The van der Waals surface area contributed by atoms with Crippen LogP contribution >= 0.6 is 11.6 Å². The molecule has 0 radical (unpaired) electrons. The van der Waals surface area contributed by atoms with Gasteiger partial charge in [-0.15, -0.1) is 0 Å². The maximum atomic E-state index is 12.8. The predicted octanol–water partition coefficient (Wildman–Crippen LogP) is 3.95. The Balaban J connectivity index is 2.14. The summed E-state index contributed by atoms with van der Waals surface area (Å²) in [6.45, 7) is 1.05. The zero-order valence-corrected chi connectivity index (χ0v) is 12.9. The molecule has 0 amide bonds. The van der Waals surface area contributed by atoms with E-state index in [-0.39, 0.29) is 10.7 Å². The van der Waals surface area contributed by atoms with Gasteiger partial charge < -0.3 is 15.4 Å². The molecule has 0 atom stereocenters. The third-order valence-electron chi connectivity index (χ3n) is 2.82. The molecule has 0 aliphatic carbocycles. The van der Waals surface area contributed by atoms with E-state index in [0.717, 1.165) is 6.07 Å². The second-order valence-corrected chi connectivity index (χ2v) is 4.93. The SMILES string of the molecule is COCCNc1cc(Nc2ccc(Cl)c(C(F)(F)F)c2)ncn1. The third kappa shape index (κ3) is 4.97. The highest BCUT2D eigenvalue weighted by Crippen LogP contribution is 2.36. The number of methoxy groups -OCH3 is 1. The van der Waals surface area contributed by atoms with Gasteiger partial charge in [0.2, 0.25) is 0 Å². The Morgan fingerprint density at radius 1 is 1.17 bits per heavy atom. The van der Waals surface area contributed by atoms with Gasteiger partial charge in [-0.3, -0.25) is 0 Å². The van der Waals surface area contributed by atoms with Crippen molar-refractivity contribution in [2.45, 2.75) is 6.18 Å². The summed E-state index contributed by atoms with van der Waals surface area (Å²) in [5.41, 5.74) is -0.681. The van der Waals surface area contributed by atoms with Crippen molar-refractivity contribution < 1.29 is 17.9 Å². The molecule has 0 aliphatic heterocycles. The summed E-state index contributed by atoms with van der Waals surface area (Å²) in [4.78, 5) is 7.97. The fourth-order valence-electron chi connectivity index (χ4n) is 1.77. The summed E-state index contributed by atoms with van der Waals surface area (Å²) in [5, 5.41) is 5.44. The zero-order chi connectivity index (χ0) is 16.9. The Bertz CT molecular complexity index is 667. The average Bonchev–Trinajstić information content (AvgIpc) is 2.49. The lowest BCUT2D eigenvalue weighted by Gasteiger charge is -2.12. The van der Waals surface area contributed by atoms with Gasteiger partial charge in [0, 0.05) is 25.4 Å². The van der Waals surface area contributed by atoms with E-state index in [9.17, 15) is 13.2 Å². The topological polar surface area (TPSA) is 59.1 Å². The molecular weight excluding hydrogens is 333 g/mol. The Labute approximate surface area is 135 Å². The van der Waals surface area contributed by atoms with Gasteiger partial charge in [-0.25, -0.2) is 9.97 Å². The maximum absolute atomic E-state index is 12.8. The standard InChI is InChI=1S/C14H14ClF3N4O/c1-23-5-4-19-12-7-13(21-8-20-12)22-9-2-3-11(15)10(6-9)14(16,17)18/h2-3,6-8H,4-5H2,1H3,(H2,19,20,21,22). The van der Waals surface area contributed by atoms with E-state index in [2.05, 4.69) is 20.6 Å². The van der Waals surface area contributed by atoms with E-state index in [1.165, 1.54) is 18.5 Å². The van der Waals surface area contributed by atoms with Crippen molar-refractivity contribution in [3.63, 3.8) is 0 Å². The second-order valence-electron chi connectivity index (χ2n) is 4.53.